The van der Waals surface area contributed by atoms with Crippen LogP contribution >= 0.6 is 0 Å². The SMILES string of the molecule is C=C(CO)C(=O)Oc1ccc(-c2ccc(OC(=O)C(=C)CO)c(OC(=O)/C=C/C3CCC(CCCC)CC3)c2)cc1. The molecule has 0 spiro atoms. The van der Waals surface area contributed by atoms with Crippen LogP contribution in [0.3, 0.4) is 0 Å². The zero-order chi connectivity index (χ0) is 29.8. The highest BCUT2D eigenvalue weighted by molar-refractivity contribution is 5.91. The first-order valence-corrected chi connectivity index (χ1v) is 13.9. The third-order valence-electron chi connectivity index (χ3n) is 7.08. The summed E-state index contributed by atoms with van der Waals surface area (Å²) < 4.78 is 16.1. The minimum absolute atomic E-state index is 0.000372. The highest BCUT2D eigenvalue weighted by Crippen LogP contribution is 2.35. The number of rotatable bonds is 13. The second-order valence-electron chi connectivity index (χ2n) is 10.2. The van der Waals surface area contributed by atoms with Crippen LogP contribution in [-0.2, 0) is 14.4 Å². The van der Waals surface area contributed by atoms with Gasteiger partial charge in [0.25, 0.3) is 0 Å². The molecule has 0 amide bonds. The molecule has 8 heteroatoms. The smallest absolute Gasteiger partial charge is 0.341 e. The van der Waals surface area contributed by atoms with E-state index < -0.39 is 31.1 Å². The summed E-state index contributed by atoms with van der Waals surface area (Å²) in [6, 6.07) is 11.3. The van der Waals surface area contributed by atoms with Gasteiger partial charge in [-0.15, -0.1) is 0 Å². The fourth-order valence-corrected chi connectivity index (χ4v) is 4.57. The van der Waals surface area contributed by atoms with Crippen LogP contribution in [0.4, 0.5) is 0 Å². The maximum atomic E-state index is 12.8. The van der Waals surface area contributed by atoms with Gasteiger partial charge in [-0.3, -0.25) is 0 Å². The molecule has 0 atom stereocenters. The Morgan fingerprint density at radius 2 is 1.44 bits per heavy atom. The minimum Gasteiger partial charge on any atom is -0.423 e. The fraction of sp³-hybridized carbons (Fsp3) is 0.364. The summed E-state index contributed by atoms with van der Waals surface area (Å²) in [6.45, 7) is 8.05. The number of benzene rings is 2. The normalized spacial score (nSPS) is 16.7. The summed E-state index contributed by atoms with van der Waals surface area (Å²) in [5, 5.41) is 18.3. The van der Waals surface area contributed by atoms with Crippen molar-refractivity contribution in [2.45, 2.75) is 51.9 Å². The van der Waals surface area contributed by atoms with Crippen LogP contribution in [0, 0.1) is 11.8 Å². The van der Waals surface area contributed by atoms with Crippen LogP contribution < -0.4 is 14.2 Å². The summed E-state index contributed by atoms with van der Waals surface area (Å²) in [5.74, 6) is -0.807. The number of esters is 3. The lowest BCUT2D eigenvalue weighted by molar-refractivity contribution is -0.132. The van der Waals surface area contributed by atoms with E-state index in [9.17, 15) is 19.5 Å². The number of aliphatic hydroxyl groups is 2. The second-order valence-corrected chi connectivity index (χ2v) is 10.2. The lowest BCUT2D eigenvalue weighted by Crippen LogP contribution is -2.15. The zero-order valence-corrected chi connectivity index (χ0v) is 23.5. The summed E-state index contributed by atoms with van der Waals surface area (Å²) in [7, 11) is 0. The molecule has 1 aliphatic rings. The Morgan fingerprint density at radius 1 is 0.829 bits per heavy atom. The first kappa shape index (κ1) is 31.5. The molecule has 0 aromatic heterocycles. The van der Waals surface area contributed by atoms with Crippen LogP contribution in [0.2, 0.25) is 0 Å². The van der Waals surface area contributed by atoms with Crippen LogP contribution in [0.25, 0.3) is 11.1 Å². The number of carbonyl (C=O) groups is 3. The number of unbranched alkanes of at least 4 members (excludes halogenated alkanes) is 1. The lowest BCUT2D eigenvalue weighted by atomic mass is 9.80. The van der Waals surface area contributed by atoms with Gasteiger partial charge >= 0.3 is 17.9 Å². The number of hydrogen-bond donors (Lipinski definition) is 2. The third kappa shape index (κ3) is 9.55. The summed E-state index contributed by atoms with van der Waals surface area (Å²) in [5.41, 5.74) is 1.13. The van der Waals surface area contributed by atoms with Crippen molar-refractivity contribution in [2.24, 2.45) is 11.8 Å². The van der Waals surface area contributed by atoms with E-state index in [2.05, 4.69) is 20.1 Å². The molecule has 2 N–H and O–H groups in total. The van der Waals surface area contributed by atoms with Crippen molar-refractivity contribution < 1.29 is 38.8 Å². The molecule has 1 saturated carbocycles. The molecular formula is C33H38O8. The van der Waals surface area contributed by atoms with E-state index in [-0.39, 0.29) is 28.4 Å². The van der Waals surface area contributed by atoms with Gasteiger partial charge < -0.3 is 24.4 Å². The molecule has 41 heavy (non-hydrogen) atoms. The second kappa shape index (κ2) is 15.7. The average Bonchev–Trinajstić information content (AvgIpc) is 2.99. The van der Waals surface area contributed by atoms with Crippen molar-refractivity contribution in [1.82, 2.24) is 0 Å². The van der Waals surface area contributed by atoms with E-state index >= 15 is 0 Å². The van der Waals surface area contributed by atoms with Gasteiger partial charge in [-0.1, -0.05) is 63.6 Å². The number of carbonyl (C=O) groups excluding carboxylic acids is 3. The number of allylic oxidation sites excluding steroid dienone is 1. The quantitative estimate of drug-likeness (QED) is 0.181. The maximum Gasteiger partial charge on any atom is 0.341 e. The van der Waals surface area contributed by atoms with Gasteiger partial charge in [0.1, 0.15) is 5.75 Å². The zero-order valence-electron chi connectivity index (χ0n) is 23.5. The molecular weight excluding hydrogens is 524 g/mol. The molecule has 3 rings (SSSR count). The summed E-state index contributed by atoms with van der Waals surface area (Å²) in [6.07, 6.45) is 11.5. The van der Waals surface area contributed by atoms with Crippen LogP contribution in [0.1, 0.15) is 51.9 Å². The predicted octanol–water partition coefficient (Wildman–Crippen LogP) is 5.72. The van der Waals surface area contributed by atoms with E-state index in [0.29, 0.717) is 17.0 Å². The van der Waals surface area contributed by atoms with E-state index in [4.69, 9.17) is 19.3 Å². The Morgan fingerprint density at radius 3 is 2.05 bits per heavy atom. The Balaban J connectivity index is 1.75. The topological polar surface area (TPSA) is 119 Å². The van der Waals surface area contributed by atoms with E-state index in [0.717, 1.165) is 31.6 Å². The summed E-state index contributed by atoms with van der Waals surface area (Å²) >= 11 is 0. The average molecular weight is 563 g/mol. The molecule has 0 heterocycles. The molecule has 0 aliphatic heterocycles. The van der Waals surface area contributed by atoms with Crippen molar-refractivity contribution in [3.05, 3.63) is 78.9 Å². The fourth-order valence-electron chi connectivity index (χ4n) is 4.57. The Bertz CT molecular complexity index is 1270. The van der Waals surface area contributed by atoms with E-state index in [1.54, 1.807) is 36.4 Å². The molecule has 0 bridgehead atoms. The van der Waals surface area contributed by atoms with Gasteiger partial charge in [-0.2, -0.15) is 0 Å². The Labute approximate surface area is 240 Å². The molecule has 0 saturated heterocycles. The van der Waals surface area contributed by atoms with Gasteiger partial charge in [0.15, 0.2) is 11.5 Å². The maximum absolute atomic E-state index is 12.8. The molecule has 218 valence electrons. The Hall–Kier alpha value is -4.01. The van der Waals surface area contributed by atoms with Crippen molar-refractivity contribution in [1.29, 1.82) is 0 Å². The number of ether oxygens (including phenoxy) is 3. The lowest BCUT2D eigenvalue weighted by Gasteiger charge is -2.26. The van der Waals surface area contributed by atoms with E-state index in [1.807, 2.05) is 6.08 Å². The van der Waals surface area contributed by atoms with Gasteiger partial charge in [0.05, 0.1) is 24.4 Å². The van der Waals surface area contributed by atoms with Crippen molar-refractivity contribution in [3.8, 4) is 28.4 Å². The van der Waals surface area contributed by atoms with Crippen molar-refractivity contribution in [3.63, 3.8) is 0 Å². The van der Waals surface area contributed by atoms with Crippen molar-refractivity contribution >= 4 is 17.9 Å². The van der Waals surface area contributed by atoms with E-state index in [1.165, 1.54) is 31.4 Å². The number of hydrogen-bond acceptors (Lipinski definition) is 8. The standard InChI is InChI=1S/C33H38O8/c1-4-5-6-24-7-9-25(10-8-24)11-18-31(36)40-30-19-27(14-17-29(30)41-33(38)23(3)21-35)26-12-15-28(16-13-26)39-32(37)22(2)20-34/h11-19,24-25,34-35H,2-10,20-21H2,1H3/b18-11+. The minimum atomic E-state index is -0.844. The molecule has 2 aromatic carbocycles. The molecule has 0 unspecified atom stereocenters. The largest absolute Gasteiger partial charge is 0.423 e. The van der Waals surface area contributed by atoms with Crippen molar-refractivity contribution in [2.75, 3.05) is 13.2 Å². The molecule has 1 aliphatic carbocycles. The monoisotopic (exact) mass is 562 g/mol. The third-order valence-corrected chi connectivity index (χ3v) is 7.08. The molecule has 8 nitrogen and oxygen atoms in total. The van der Waals surface area contributed by atoms with Gasteiger partial charge in [0, 0.05) is 6.08 Å². The van der Waals surface area contributed by atoms with Gasteiger partial charge in [-0.05, 0) is 72.9 Å². The Kier molecular flexibility index (Phi) is 12.1. The van der Waals surface area contributed by atoms with Crippen LogP contribution in [0.5, 0.6) is 17.2 Å². The summed E-state index contributed by atoms with van der Waals surface area (Å²) in [4.78, 5) is 36.9. The van der Waals surface area contributed by atoms with Crippen LogP contribution in [-0.4, -0.2) is 41.3 Å². The molecule has 2 aromatic rings. The van der Waals surface area contributed by atoms with Gasteiger partial charge in [-0.25, -0.2) is 14.4 Å². The number of aliphatic hydroxyl groups excluding tert-OH is 2. The highest BCUT2D eigenvalue weighted by atomic mass is 16.6. The highest BCUT2D eigenvalue weighted by Gasteiger charge is 2.20. The first-order valence-electron chi connectivity index (χ1n) is 13.9. The predicted molar refractivity (Wildman–Crippen MR) is 155 cm³/mol. The molecule has 0 radical (unpaired) electrons. The van der Waals surface area contributed by atoms with Gasteiger partial charge in [0.2, 0.25) is 0 Å². The molecule has 1 fully saturated rings. The van der Waals surface area contributed by atoms with Crippen LogP contribution in [0.15, 0.2) is 78.9 Å². The first-order chi connectivity index (χ1) is 19.7.